The second-order valence-corrected chi connectivity index (χ2v) is 10.4. The summed E-state index contributed by atoms with van der Waals surface area (Å²) in [6.07, 6.45) is 3.82. The first-order valence-electron chi connectivity index (χ1n) is 11.1. The Labute approximate surface area is 221 Å². The standard InChI is InChI=1S/C23H27BrN2O7S2/c1-31-17-12-15(11-16(24)21(17)33-14-19(27)25-7-9-32-10-8-25)13-18-22(30)26(23(34)35-18)6-4-2-3-5-20(28)29/h11-13H,2-10,14H2,1H3,(H,28,29)/b18-13+. The molecule has 0 unspecified atom stereocenters. The lowest BCUT2D eigenvalue weighted by Gasteiger charge is -2.27. The molecule has 1 aromatic carbocycles. The maximum atomic E-state index is 12.9. The molecular weight excluding hydrogens is 560 g/mol. The Bertz CT molecular complexity index is 1010. The lowest BCUT2D eigenvalue weighted by molar-refractivity contribution is -0.138. The summed E-state index contributed by atoms with van der Waals surface area (Å²) in [5, 5.41) is 8.73. The number of thioether (sulfide) groups is 1. The molecule has 12 heteroatoms. The third-order valence-corrected chi connectivity index (χ3v) is 7.37. The van der Waals surface area contributed by atoms with Gasteiger partial charge in [-0.15, -0.1) is 0 Å². The Kier molecular flexibility index (Phi) is 10.4. The van der Waals surface area contributed by atoms with Gasteiger partial charge in [-0.2, -0.15) is 0 Å². The molecule has 1 N–H and O–H groups in total. The van der Waals surface area contributed by atoms with E-state index < -0.39 is 5.97 Å². The number of carbonyl (C=O) groups excluding carboxylic acids is 2. The van der Waals surface area contributed by atoms with Crippen molar-refractivity contribution in [1.82, 2.24) is 9.80 Å². The van der Waals surface area contributed by atoms with Gasteiger partial charge in [0.1, 0.15) is 4.32 Å². The van der Waals surface area contributed by atoms with Crippen molar-refractivity contribution in [3.63, 3.8) is 0 Å². The molecule has 0 atom stereocenters. The third kappa shape index (κ3) is 7.66. The molecule has 35 heavy (non-hydrogen) atoms. The van der Waals surface area contributed by atoms with Crippen LogP contribution in [0.25, 0.3) is 6.08 Å². The van der Waals surface area contributed by atoms with Crippen LogP contribution in [0.15, 0.2) is 21.5 Å². The Morgan fingerprint density at radius 2 is 2.00 bits per heavy atom. The highest BCUT2D eigenvalue weighted by Gasteiger charge is 2.31. The number of benzene rings is 1. The van der Waals surface area contributed by atoms with Crippen LogP contribution in [-0.4, -0.2) is 83.6 Å². The van der Waals surface area contributed by atoms with Crippen LogP contribution >= 0.6 is 39.9 Å². The van der Waals surface area contributed by atoms with Crippen molar-refractivity contribution in [2.24, 2.45) is 0 Å². The largest absolute Gasteiger partial charge is 0.493 e. The molecule has 2 heterocycles. The van der Waals surface area contributed by atoms with Gasteiger partial charge in [0, 0.05) is 26.1 Å². The maximum Gasteiger partial charge on any atom is 0.303 e. The molecule has 2 amide bonds. The second kappa shape index (κ2) is 13.2. The van der Waals surface area contributed by atoms with Crippen molar-refractivity contribution >= 4 is 68.1 Å². The number of thiocarbonyl (C=S) groups is 1. The van der Waals surface area contributed by atoms with Crippen molar-refractivity contribution in [3.05, 3.63) is 27.1 Å². The molecule has 0 aliphatic carbocycles. The molecule has 2 saturated heterocycles. The van der Waals surface area contributed by atoms with Crippen molar-refractivity contribution in [1.29, 1.82) is 0 Å². The zero-order valence-electron chi connectivity index (χ0n) is 19.3. The van der Waals surface area contributed by atoms with Crippen molar-refractivity contribution in [2.75, 3.05) is 46.6 Å². The van der Waals surface area contributed by atoms with E-state index in [0.29, 0.717) is 82.9 Å². The van der Waals surface area contributed by atoms with Crippen LogP contribution in [0, 0.1) is 0 Å². The van der Waals surface area contributed by atoms with Crippen molar-refractivity contribution in [2.45, 2.75) is 25.7 Å². The normalized spacial score (nSPS) is 17.3. The van der Waals surface area contributed by atoms with Gasteiger partial charge in [-0.3, -0.25) is 19.3 Å². The van der Waals surface area contributed by atoms with Crippen LogP contribution in [0.4, 0.5) is 0 Å². The van der Waals surface area contributed by atoms with E-state index in [1.807, 2.05) is 0 Å². The highest BCUT2D eigenvalue weighted by Crippen LogP contribution is 2.39. The number of hydrogen-bond acceptors (Lipinski definition) is 8. The summed E-state index contributed by atoms with van der Waals surface area (Å²) in [4.78, 5) is 39.6. The van der Waals surface area contributed by atoms with Gasteiger partial charge in [0.15, 0.2) is 18.1 Å². The van der Waals surface area contributed by atoms with Gasteiger partial charge in [0.05, 0.1) is 29.7 Å². The minimum absolute atomic E-state index is 0.121. The summed E-state index contributed by atoms with van der Waals surface area (Å²) in [5.41, 5.74) is 0.711. The average Bonchev–Trinajstić information content (AvgIpc) is 3.10. The Hall–Kier alpha value is -2.15. The summed E-state index contributed by atoms with van der Waals surface area (Å²) < 4.78 is 17.6. The van der Waals surface area contributed by atoms with Crippen LogP contribution in [0.2, 0.25) is 0 Å². The van der Waals surface area contributed by atoms with Crippen LogP contribution in [0.3, 0.4) is 0 Å². The zero-order valence-corrected chi connectivity index (χ0v) is 22.5. The number of aliphatic carboxylic acids is 1. The summed E-state index contributed by atoms with van der Waals surface area (Å²) >= 11 is 10.1. The molecule has 2 aliphatic heterocycles. The van der Waals surface area contributed by atoms with Gasteiger partial charge in [-0.05, 0) is 52.5 Å². The first-order valence-corrected chi connectivity index (χ1v) is 13.1. The fourth-order valence-electron chi connectivity index (χ4n) is 3.57. The molecule has 2 aliphatic rings. The van der Waals surface area contributed by atoms with Crippen LogP contribution in [0.5, 0.6) is 11.5 Å². The third-order valence-electron chi connectivity index (χ3n) is 5.40. The molecule has 0 bridgehead atoms. The molecule has 9 nitrogen and oxygen atoms in total. The number of nitrogens with zero attached hydrogens (tertiary/aromatic N) is 2. The van der Waals surface area contributed by atoms with E-state index >= 15 is 0 Å². The quantitative estimate of drug-likeness (QED) is 0.237. The number of hydrogen-bond donors (Lipinski definition) is 1. The van der Waals surface area contributed by atoms with Crippen LogP contribution < -0.4 is 9.47 Å². The number of ether oxygens (including phenoxy) is 3. The Morgan fingerprint density at radius 1 is 1.26 bits per heavy atom. The Balaban J connectivity index is 1.64. The van der Waals surface area contributed by atoms with Crippen molar-refractivity contribution in [3.8, 4) is 11.5 Å². The van der Waals surface area contributed by atoms with Gasteiger partial charge >= 0.3 is 5.97 Å². The van der Waals surface area contributed by atoms with E-state index in [9.17, 15) is 14.4 Å². The molecular formula is C23H27BrN2O7S2. The molecule has 0 aromatic heterocycles. The zero-order chi connectivity index (χ0) is 25.4. The number of carboxylic acids is 1. The number of methoxy groups -OCH3 is 1. The lowest BCUT2D eigenvalue weighted by atomic mass is 10.1. The predicted octanol–water partition coefficient (Wildman–Crippen LogP) is 3.54. The SMILES string of the molecule is COc1cc(/C=C2/SC(=S)N(CCCCCC(=O)O)C2=O)cc(Br)c1OCC(=O)N1CCOCC1. The number of carbonyl (C=O) groups is 3. The smallest absolute Gasteiger partial charge is 0.303 e. The Morgan fingerprint density at radius 3 is 2.69 bits per heavy atom. The van der Waals surface area contributed by atoms with Crippen molar-refractivity contribution < 1.29 is 33.7 Å². The summed E-state index contributed by atoms with van der Waals surface area (Å²) in [7, 11) is 1.51. The first-order chi connectivity index (χ1) is 16.8. The molecule has 0 spiro atoms. The number of carboxylic acid groups (broad SMARTS) is 1. The topological polar surface area (TPSA) is 106 Å². The molecule has 190 valence electrons. The summed E-state index contributed by atoms with van der Waals surface area (Å²) in [6, 6.07) is 3.52. The monoisotopic (exact) mass is 586 g/mol. The highest BCUT2D eigenvalue weighted by atomic mass is 79.9. The minimum atomic E-state index is -0.819. The molecule has 0 saturated carbocycles. The predicted molar refractivity (Wildman–Crippen MR) is 140 cm³/mol. The summed E-state index contributed by atoms with van der Waals surface area (Å²) in [5.74, 6) is -0.294. The van der Waals surface area contributed by atoms with Crippen LogP contribution in [0.1, 0.15) is 31.2 Å². The fraction of sp³-hybridized carbons (Fsp3) is 0.478. The lowest BCUT2D eigenvalue weighted by Crippen LogP contribution is -2.43. The van der Waals surface area contributed by atoms with Gasteiger partial charge in [0.2, 0.25) is 0 Å². The number of amides is 2. The van der Waals surface area contributed by atoms with Gasteiger partial charge < -0.3 is 24.2 Å². The molecule has 0 radical (unpaired) electrons. The molecule has 1 aromatic rings. The number of morpholine rings is 1. The van der Waals surface area contributed by atoms with E-state index in [1.54, 1.807) is 28.0 Å². The number of halogens is 1. The number of unbranched alkanes of at least 4 members (excludes halogenated alkanes) is 2. The van der Waals surface area contributed by atoms with Gasteiger partial charge in [0.25, 0.3) is 11.8 Å². The highest BCUT2D eigenvalue weighted by molar-refractivity contribution is 9.10. The van der Waals surface area contributed by atoms with Crippen LogP contribution in [-0.2, 0) is 19.1 Å². The summed E-state index contributed by atoms with van der Waals surface area (Å²) in [6.45, 7) is 2.45. The van der Waals surface area contributed by atoms with E-state index in [2.05, 4.69) is 15.9 Å². The van der Waals surface area contributed by atoms with E-state index in [4.69, 9.17) is 31.5 Å². The van der Waals surface area contributed by atoms with Gasteiger partial charge in [-0.1, -0.05) is 30.4 Å². The second-order valence-electron chi connectivity index (χ2n) is 7.85. The molecule has 3 rings (SSSR count). The van der Waals surface area contributed by atoms with E-state index in [-0.39, 0.29) is 24.8 Å². The fourth-order valence-corrected chi connectivity index (χ4v) is 5.45. The first kappa shape index (κ1) is 27.4. The molecule has 2 fully saturated rings. The maximum absolute atomic E-state index is 12.9. The number of rotatable bonds is 11. The van der Waals surface area contributed by atoms with E-state index in [1.165, 1.54) is 18.9 Å². The van der Waals surface area contributed by atoms with E-state index in [0.717, 1.165) is 0 Å². The van der Waals surface area contributed by atoms with Gasteiger partial charge in [-0.25, -0.2) is 0 Å². The average molecular weight is 588 g/mol. The minimum Gasteiger partial charge on any atom is -0.493 e.